The highest BCUT2D eigenvalue weighted by Gasteiger charge is 2.50. The van der Waals surface area contributed by atoms with Crippen molar-refractivity contribution in [2.24, 2.45) is 0 Å². The van der Waals surface area contributed by atoms with E-state index in [1.54, 1.807) is 30.5 Å². The van der Waals surface area contributed by atoms with Crippen LogP contribution in [0.2, 0.25) is 0 Å². The van der Waals surface area contributed by atoms with E-state index in [4.69, 9.17) is 16.1 Å². The van der Waals surface area contributed by atoms with Gasteiger partial charge in [-0.25, -0.2) is 13.2 Å². The number of terminal acetylenes is 1. The number of nitrogens with zero attached hydrogens (tertiary/aromatic N) is 5. The van der Waals surface area contributed by atoms with E-state index < -0.39 is 23.3 Å². The second-order valence-corrected chi connectivity index (χ2v) is 12.6. The summed E-state index contributed by atoms with van der Waals surface area (Å²) < 4.78 is 52.3. The maximum Gasteiger partial charge on any atom is 0.319 e. The fourth-order valence-corrected chi connectivity index (χ4v) is 7.82. The van der Waals surface area contributed by atoms with Crippen molar-refractivity contribution in [1.29, 1.82) is 0 Å². The van der Waals surface area contributed by atoms with E-state index in [0.29, 0.717) is 78.6 Å². The first-order valence-electron chi connectivity index (χ1n) is 15.1. The van der Waals surface area contributed by atoms with Crippen LogP contribution in [0, 0.1) is 24.0 Å². The molecule has 0 spiro atoms. The second-order valence-electron chi connectivity index (χ2n) is 12.6. The van der Waals surface area contributed by atoms with Gasteiger partial charge in [0, 0.05) is 61.8 Å². The minimum atomic E-state index is -0.944. The van der Waals surface area contributed by atoms with Crippen molar-refractivity contribution in [3.8, 4) is 29.6 Å². The normalized spacial score (nSPS) is 26.5. The number of halogens is 3. The lowest BCUT2D eigenvalue weighted by Gasteiger charge is -2.34. The fourth-order valence-electron chi connectivity index (χ4n) is 7.82. The SMILES string of the molecule is C#Cc1c(F)ccc2cccc(-c3ncc4c(N5C[C@H]6CC[C@@H](C5)N6)nc(OC[C@@]56CC(=C)CN5C[C@H](F)C6)nc4c3F)c12. The Balaban J connectivity index is 1.26. The molecule has 2 aromatic carbocycles. The maximum absolute atomic E-state index is 16.7. The highest BCUT2D eigenvalue weighted by Crippen LogP contribution is 2.43. The molecule has 7 nitrogen and oxygen atoms in total. The fraction of sp³-hybridized carbons (Fsp3) is 0.382. The third kappa shape index (κ3) is 4.32. The molecule has 44 heavy (non-hydrogen) atoms. The molecule has 4 aromatic rings. The van der Waals surface area contributed by atoms with Crippen LogP contribution in [-0.2, 0) is 0 Å². The van der Waals surface area contributed by atoms with Gasteiger partial charge in [0.05, 0.1) is 16.5 Å². The van der Waals surface area contributed by atoms with Crippen molar-refractivity contribution in [2.45, 2.75) is 49.5 Å². The lowest BCUT2D eigenvalue weighted by Crippen LogP contribution is -2.51. The molecule has 2 bridgehead atoms. The average Bonchev–Trinajstić information content (AvgIpc) is 3.62. The highest BCUT2D eigenvalue weighted by atomic mass is 19.1. The molecule has 6 heterocycles. The van der Waals surface area contributed by atoms with Crippen LogP contribution in [0.4, 0.5) is 19.0 Å². The Hall–Kier alpha value is -4.20. The Labute approximate surface area is 253 Å². The molecule has 4 aliphatic rings. The van der Waals surface area contributed by atoms with Gasteiger partial charge in [-0.1, -0.05) is 42.3 Å². The lowest BCUT2D eigenvalue weighted by molar-refractivity contribution is 0.107. The molecule has 0 aliphatic carbocycles. The van der Waals surface area contributed by atoms with Crippen LogP contribution in [0.3, 0.4) is 0 Å². The van der Waals surface area contributed by atoms with Gasteiger partial charge in [-0.15, -0.1) is 6.42 Å². The Morgan fingerprint density at radius 1 is 1.11 bits per heavy atom. The van der Waals surface area contributed by atoms with Crippen molar-refractivity contribution >= 4 is 27.5 Å². The monoisotopic (exact) mass is 596 g/mol. The third-order valence-electron chi connectivity index (χ3n) is 9.71. The van der Waals surface area contributed by atoms with Crippen molar-refractivity contribution in [2.75, 3.05) is 37.7 Å². The smallest absolute Gasteiger partial charge is 0.319 e. The first-order valence-corrected chi connectivity index (χ1v) is 15.1. The van der Waals surface area contributed by atoms with Crippen LogP contribution >= 0.6 is 0 Å². The summed E-state index contributed by atoms with van der Waals surface area (Å²) in [6.07, 6.45) is 9.43. The van der Waals surface area contributed by atoms with Crippen molar-refractivity contribution in [3.05, 3.63) is 65.9 Å². The van der Waals surface area contributed by atoms with Crippen LogP contribution in [0.15, 0.2) is 48.7 Å². The molecule has 8 rings (SSSR count). The first-order chi connectivity index (χ1) is 21.3. The van der Waals surface area contributed by atoms with Crippen molar-refractivity contribution < 1.29 is 17.9 Å². The number of hydrogen-bond acceptors (Lipinski definition) is 7. The molecular formula is C34H31F3N6O. The molecule has 224 valence electrons. The van der Waals surface area contributed by atoms with Gasteiger partial charge < -0.3 is 15.0 Å². The minimum absolute atomic E-state index is 0.00843. The van der Waals surface area contributed by atoms with E-state index in [-0.39, 0.29) is 29.4 Å². The summed E-state index contributed by atoms with van der Waals surface area (Å²) in [7, 11) is 0. The number of piperazine rings is 1. The molecule has 2 aromatic heterocycles. The van der Waals surface area contributed by atoms with E-state index in [2.05, 4.69) is 37.6 Å². The summed E-state index contributed by atoms with van der Waals surface area (Å²) in [5.41, 5.74) is 0.995. The average molecular weight is 597 g/mol. The van der Waals surface area contributed by atoms with Gasteiger partial charge in [-0.3, -0.25) is 9.88 Å². The predicted octanol–water partition coefficient (Wildman–Crippen LogP) is 5.17. The number of aromatic nitrogens is 3. The van der Waals surface area contributed by atoms with Gasteiger partial charge in [0.2, 0.25) is 0 Å². The number of hydrogen-bond donors (Lipinski definition) is 1. The minimum Gasteiger partial charge on any atom is -0.461 e. The van der Waals surface area contributed by atoms with Gasteiger partial charge in [-0.2, -0.15) is 9.97 Å². The number of alkyl halides is 1. The van der Waals surface area contributed by atoms with Crippen LogP contribution in [-0.4, -0.2) is 76.4 Å². The highest BCUT2D eigenvalue weighted by molar-refractivity contribution is 6.02. The zero-order chi connectivity index (χ0) is 30.2. The summed E-state index contributed by atoms with van der Waals surface area (Å²) in [5, 5.41) is 5.16. The second kappa shape index (κ2) is 10.2. The molecule has 1 N–H and O–H groups in total. The Bertz CT molecular complexity index is 1880. The maximum atomic E-state index is 16.7. The molecule has 4 saturated heterocycles. The number of fused-ring (bicyclic) bond motifs is 5. The molecule has 4 fully saturated rings. The number of rotatable bonds is 5. The van der Waals surface area contributed by atoms with Gasteiger partial charge in [-0.05, 0) is 30.7 Å². The van der Waals surface area contributed by atoms with Gasteiger partial charge >= 0.3 is 6.01 Å². The Morgan fingerprint density at radius 2 is 1.93 bits per heavy atom. The van der Waals surface area contributed by atoms with Crippen LogP contribution in [0.1, 0.15) is 31.2 Å². The summed E-state index contributed by atoms with van der Waals surface area (Å²) in [5.74, 6) is 1.74. The standard InChI is InChI=1S/C34H31F3N6O/c1-3-24-27(36)10-7-20-5-4-6-25(28(20)24)30-29(37)31-26(13-38-30)32(42-16-22-8-9-23(17-42)39-22)41-33(40-31)44-18-34-11-19(2)14-43(34)15-21(35)12-34/h1,4-7,10,13,21-23,39H,2,8-9,11-12,14-18H2/t21-,22-,23+,34+/m1/s1. The first kappa shape index (κ1) is 27.4. The number of pyridine rings is 1. The number of anilines is 1. The van der Waals surface area contributed by atoms with Gasteiger partial charge in [0.15, 0.2) is 5.82 Å². The molecule has 0 unspecified atom stereocenters. The summed E-state index contributed by atoms with van der Waals surface area (Å²) in [6, 6.07) is 8.81. The molecule has 0 amide bonds. The lowest BCUT2D eigenvalue weighted by atomic mass is 9.93. The quantitative estimate of drug-likeness (QED) is 0.252. The van der Waals surface area contributed by atoms with E-state index >= 15 is 4.39 Å². The zero-order valence-corrected chi connectivity index (χ0v) is 24.1. The van der Waals surface area contributed by atoms with Gasteiger partial charge in [0.1, 0.15) is 35.6 Å². The van der Waals surface area contributed by atoms with E-state index in [9.17, 15) is 8.78 Å². The molecule has 4 atom stereocenters. The topological polar surface area (TPSA) is 66.4 Å². The van der Waals surface area contributed by atoms with E-state index in [1.807, 2.05) is 0 Å². The largest absolute Gasteiger partial charge is 0.461 e. The molecule has 4 aliphatic heterocycles. The van der Waals surface area contributed by atoms with Gasteiger partial charge in [0.25, 0.3) is 0 Å². The summed E-state index contributed by atoms with van der Waals surface area (Å²) >= 11 is 0. The van der Waals surface area contributed by atoms with Crippen molar-refractivity contribution in [3.63, 3.8) is 0 Å². The summed E-state index contributed by atoms with van der Waals surface area (Å²) in [4.78, 5) is 18.2. The number of benzene rings is 2. The molecule has 10 heteroatoms. The zero-order valence-electron chi connectivity index (χ0n) is 24.1. The molecule has 0 saturated carbocycles. The molecular weight excluding hydrogens is 565 g/mol. The Kier molecular flexibility index (Phi) is 6.33. The van der Waals surface area contributed by atoms with Crippen LogP contribution < -0.4 is 15.0 Å². The van der Waals surface area contributed by atoms with E-state index in [0.717, 1.165) is 18.4 Å². The number of nitrogens with one attached hydrogen (secondary N) is 1. The third-order valence-corrected chi connectivity index (χ3v) is 9.71. The number of ether oxygens (including phenoxy) is 1. The van der Waals surface area contributed by atoms with Crippen molar-refractivity contribution in [1.82, 2.24) is 25.2 Å². The summed E-state index contributed by atoms with van der Waals surface area (Å²) in [6.45, 7) is 6.68. The van der Waals surface area contributed by atoms with Crippen LogP contribution in [0.25, 0.3) is 32.9 Å². The van der Waals surface area contributed by atoms with Crippen LogP contribution in [0.5, 0.6) is 6.01 Å². The van der Waals surface area contributed by atoms with E-state index in [1.165, 1.54) is 6.07 Å². The Morgan fingerprint density at radius 3 is 2.73 bits per heavy atom. The molecule has 0 radical (unpaired) electrons. The predicted molar refractivity (Wildman–Crippen MR) is 163 cm³/mol.